The second kappa shape index (κ2) is 61.6. The Labute approximate surface area is 449 Å². The number of ether oxygens (including phenoxy) is 1. The Bertz CT molecular complexity index is 1170. The van der Waals surface area contributed by atoms with Gasteiger partial charge in [-0.3, -0.25) is 9.59 Å². The number of nitrogens with one attached hydrogen (secondary N) is 1. The van der Waals surface area contributed by atoms with Gasteiger partial charge in [0.1, 0.15) is 0 Å². The predicted molar refractivity (Wildman–Crippen MR) is 315 cm³/mol. The minimum absolute atomic E-state index is 0.00681. The van der Waals surface area contributed by atoms with Gasteiger partial charge in [-0.25, -0.2) is 0 Å². The van der Waals surface area contributed by atoms with Gasteiger partial charge >= 0.3 is 5.97 Å². The normalized spacial score (nSPS) is 12.8. The fraction of sp³-hybridized carbons (Fsp3) is 0.879. The lowest BCUT2D eigenvalue weighted by molar-refractivity contribution is -0.143. The standard InChI is InChI=1S/C66H125NO5/c1-3-5-7-9-11-13-15-17-31-36-40-44-48-52-56-60-66(71)72-61-57-53-49-45-41-37-33-30-28-26-24-22-20-18-19-21-23-25-27-29-32-35-39-43-47-51-55-59-65(70)67-63(62-68)64(69)58-54-50-46-42-38-34-16-14-12-10-8-6-4-2/h17-19,31,54,58,63-64,68-69H,3-16,20-30,32-53,55-57,59-62H2,1-2H3,(H,67,70)/b19-18-,31-17-,58-54+. The molecule has 6 heteroatoms. The molecular weight excluding hydrogens is 887 g/mol. The number of amides is 1. The second-order valence-electron chi connectivity index (χ2n) is 22.1. The summed E-state index contributed by atoms with van der Waals surface area (Å²) in [6, 6.07) is -0.628. The van der Waals surface area contributed by atoms with Gasteiger partial charge in [-0.2, -0.15) is 0 Å². The fourth-order valence-electron chi connectivity index (χ4n) is 9.92. The van der Waals surface area contributed by atoms with Gasteiger partial charge in [-0.05, 0) is 83.5 Å². The van der Waals surface area contributed by atoms with Crippen LogP contribution in [0.2, 0.25) is 0 Å². The van der Waals surface area contributed by atoms with Crippen LogP contribution in [-0.4, -0.2) is 47.4 Å². The minimum atomic E-state index is -0.844. The van der Waals surface area contributed by atoms with Crippen molar-refractivity contribution < 1.29 is 24.5 Å². The maximum Gasteiger partial charge on any atom is 0.305 e. The number of hydrogen-bond acceptors (Lipinski definition) is 5. The van der Waals surface area contributed by atoms with Gasteiger partial charge < -0.3 is 20.3 Å². The van der Waals surface area contributed by atoms with Gasteiger partial charge in [0.05, 0.1) is 25.4 Å². The third kappa shape index (κ3) is 57.4. The number of allylic oxidation sites excluding steroid dienone is 5. The summed E-state index contributed by atoms with van der Waals surface area (Å²) in [5.74, 6) is -0.0615. The van der Waals surface area contributed by atoms with Crippen LogP contribution in [0.3, 0.4) is 0 Å². The zero-order chi connectivity index (χ0) is 52.2. The summed E-state index contributed by atoms with van der Waals surface area (Å²) in [6.07, 6.45) is 77.7. The van der Waals surface area contributed by atoms with Crippen molar-refractivity contribution in [2.24, 2.45) is 0 Å². The number of hydrogen-bond donors (Lipinski definition) is 3. The number of rotatable bonds is 60. The van der Waals surface area contributed by atoms with Crippen molar-refractivity contribution in [1.82, 2.24) is 5.32 Å². The molecule has 0 saturated carbocycles. The Balaban J connectivity index is 3.39. The number of aliphatic hydroxyl groups is 2. The molecule has 0 rings (SSSR count). The van der Waals surface area contributed by atoms with Crippen molar-refractivity contribution in [2.75, 3.05) is 13.2 Å². The SMILES string of the molecule is CCCCCCCC/C=C\CCCCCCCC(=O)OCCCCCCCCCCCCCC/C=C\CCCCCCCCCCCCCC(=O)NC(CO)C(O)/C=C/CCCCCCCCCCCCC. The topological polar surface area (TPSA) is 95.9 Å². The van der Waals surface area contributed by atoms with Crippen LogP contribution in [0.4, 0.5) is 0 Å². The van der Waals surface area contributed by atoms with E-state index in [2.05, 4.69) is 43.5 Å². The average molecular weight is 1010 g/mol. The van der Waals surface area contributed by atoms with E-state index in [4.69, 9.17) is 4.74 Å². The highest BCUT2D eigenvalue weighted by molar-refractivity contribution is 5.76. The Hall–Kier alpha value is -1.92. The third-order valence-electron chi connectivity index (χ3n) is 14.9. The first-order valence-corrected chi connectivity index (χ1v) is 32.3. The van der Waals surface area contributed by atoms with Gasteiger partial charge in [0, 0.05) is 12.8 Å². The van der Waals surface area contributed by atoms with Crippen LogP contribution >= 0.6 is 0 Å². The van der Waals surface area contributed by atoms with Gasteiger partial charge in [0.2, 0.25) is 5.91 Å². The first kappa shape index (κ1) is 70.1. The third-order valence-corrected chi connectivity index (χ3v) is 14.9. The summed E-state index contributed by atoms with van der Waals surface area (Å²) in [6.45, 7) is 4.90. The van der Waals surface area contributed by atoms with Crippen LogP contribution in [0, 0.1) is 0 Å². The van der Waals surface area contributed by atoms with E-state index in [1.807, 2.05) is 6.08 Å². The number of esters is 1. The van der Waals surface area contributed by atoms with E-state index in [0.717, 1.165) is 44.9 Å². The van der Waals surface area contributed by atoms with Crippen molar-refractivity contribution in [3.63, 3.8) is 0 Å². The number of carbonyl (C=O) groups excluding carboxylic acids is 2. The molecule has 0 bridgehead atoms. The number of unbranched alkanes of at least 4 members (excludes halogenated alkanes) is 45. The lowest BCUT2D eigenvalue weighted by Gasteiger charge is -2.20. The molecule has 2 atom stereocenters. The quantitative estimate of drug-likeness (QED) is 0.0320. The molecule has 0 aliphatic rings. The molecule has 0 aromatic carbocycles. The highest BCUT2D eigenvalue weighted by Crippen LogP contribution is 2.17. The largest absolute Gasteiger partial charge is 0.466 e. The van der Waals surface area contributed by atoms with Gasteiger partial charge in [0.25, 0.3) is 0 Å². The molecule has 3 N–H and O–H groups in total. The Kier molecular flexibility index (Phi) is 60.0. The first-order valence-electron chi connectivity index (χ1n) is 32.3. The van der Waals surface area contributed by atoms with Crippen LogP contribution in [-0.2, 0) is 14.3 Å². The highest BCUT2D eigenvalue weighted by Gasteiger charge is 2.18. The molecule has 0 saturated heterocycles. The minimum Gasteiger partial charge on any atom is -0.466 e. The molecule has 0 aromatic rings. The molecule has 424 valence electrons. The zero-order valence-corrected chi connectivity index (χ0v) is 48.4. The Morgan fingerprint density at radius 1 is 0.375 bits per heavy atom. The molecule has 0 aromatic heterocycles. The van der Waals surface area contributed by atoms with Crippen LogP contribution in [0.1, 0.15) is 348 Å². The summed E-state index contributed by atoms with van der Waals surface area (Å²) in [7, 11) is 0. The molecule has 0 aliphatic carbocycles. The summed E-state index contributed by atoms with van der Waals surface area (Å²) in [5, 5.41) is 23.1. The van der Waals surface area contributed by atoms with Crippen molar-refractivity contribution in [1.29, 1.82) is 0 Å². The molecule has 0 aliphatic heterocycles. The predicted octanol–water partition coefficient (Wildman–Crippen LogP) is 20.4. The van der Waals surface area contributed by atoms with E-state index >= 15 is 0 Å². The maximum atomic E-state index is 12.5. The zero-order valence-electron chi connectivity index (χ0n) is 48.4. The number of aliphatic hydroxyl groups excluding tert-OH is 2. The van der Waals surface area contributed by atoms with Gasteiger partial charge in [0.15, 0.2) is 0 Å². The van der Waals surface area contributed by atoms with Crippen molar-refractivity contribution >= 4 is 11.9 Å². The summed E-state index contributed by atoms with van der Waals surface area (Å²) >= 11 is 0. The van der Waals surface area contributed by atoms with E-state index in [-0.39, 0.29) is 18.5 Å². The lowest BCUT2D eigenvalue weighted by Crippen LogP contribution is -2.45. The second-order valence-corrected chi connectivity index (χ2v) is 22.1. The highest BCUT2D eigenvalue weighted by atomic mass is 16.5. The fourth-order valence-corrected chi connectivity index (χ4v) is 9.92. The average Bonchev–Trinajstić information content (AvgIpc) is 3.38. The summed E-state index contributed by atoms with van der Waals surface area (Å²) in [5.41, 5.74) is 0. The first-order chi connectivity index (χ1) is 35.5. The van der Waals surface area contributed by atoms with Crippen LogP contribution in [0.15, 0.2) is 36.5 Å². The van der Waals surface area contributed by atoms with E-state index in [1.165, 1.54) is 276 Å². The Morgan fingerprint density at radius 2 is 0.653 bits per heavy atom. The van der Waals surface area contributed by atoms with Gasteiger partial charge in [-0.1, -0.05) is 288 Å². The molecule has 6 nitrogen and oxygen atoms in total. The van der Waals surface area contributed by atoms with E-state index in [0.29, 0.717) is 19.4 Å². The molecule has 0 radical (unpaired) electrons. The molecule has 0 spiro atoms. The summed E-state index contributed by atoms with van der Waals surface area (Å²) < 4.78 is 5.48. The van der Waals surface area contributed by atoms with E-state index in [1.54, 1.807) is 6.08 Å². The Morgan fingerprint density at radius 3 is 0.986 bits per heavy atom. The van der Waals surface area contributed by atoms with Crippen molar-refractivity contribution in [3.05, 3.63) is 36.5 Å². The molecule has 2 unspecified atom stereocenters. The molecular formula is C66H125NO5. The number of carbonyl (C=O) groups is 2. The summed E-state index contributed by atoms with van der Waals surface area (Å²) in [4.78, 5) is 24.5. The molecule has 1 amide bonds. The van der Waals surface area contributed by atoms with Crippen molar-refractivity contribution in [2.45, 2.75) is 360 Å². The van der Waals surface area contributed by atoms with Crippen LogP contribution < -0.4 is 5.32 Å². The van der Waals surface area contributed by atoms with E-state index < -0.39 is 12.1 Å². The molecule has 0 fully saturated rings. The van der Waals surface area contributed by atoms with Gasteiger partial charge in [-0.15, -0.1) is 0 Å². The maximum absolute atomic E-state index is 12.5. The van der Waals surface area contributed by atoms with Crippen molar-refractivity contribution in [3.8, 4) is 0 Å². The van der Waals surface area contributed by atoms with E-state index in [9.17, 15) is 19.8 Å². The molecule has 0 heterocycles. The molecule has 72 heavy (non-hydrogen) atoms. The monoisotopic (exact) mass is 1010 g/mol. The van der Waals surface area contributed by atoms with Crippen LogP contribution in [0.25, 0.3) is 0 Å². The lowest BCUT2D eigenvalue weighted by atomic mass is 10.0. The van der Waals surface area contributed by atoms with Crippen LogP contribution in [0.5, 0.6) is 0 Å². The smallest absolute Gasteiger partial charge is 0.305 e.